The Morgan fingerprint density at radius 3 is 3.10 bits per heavy atom. The Kier molecular flexibility index (Phi) is 5.79. The third-order valence-corrected chi connectivity index (χ3v) is 3.35. The second-order valence-corrected chi connectivity index (χ2v) is 5.21. The summed E-state index contributed by atoms with van der Waals surface area (Å²) in [5.74, 6) is 5.82. The largest absolute Gasteiger partial charge is 0.395 e. The number of carbonyl (C=O) groups excluding carboxylic acids is 1. The molecule has 4 heteroatoms. The molecule has 1 aliphatic heterocycles. The summed E-state index contributed by atoms with van der Waals surface area (Å²) in [5.41, 5.74) is 2.56. The van der Waals surface area contributed by atoms with E-state index in [1.54, 1.807) is 0 Å². The number of aryl methyl sites for hydroxylation is 1. The van der Waals surface area contributed by atoms with Crippen LogP contribution < -0.4 is 5.32 Å². The van der Waals surface area contributed by atoms with Gasteiger partial charge in [0.1, 0.15) is 0 Å². The van der Waals surface area contributed by atoms with E-state index in [2.05, 4.69) is 17.2 Å². The molecular weight excluding hydrogens is 266 g/mol. The zero-order valence-corrected chi connectivity index (χ0v) is 12.3. The zero-order valence-electron chi connectivity index (χ0n) is 12.3. The predicted octanol–water partition coefficient (Wildman–Crippen LogP) is 2.24. The van der Waals surface area contributed by atoms with Crippen LogP contribution in [-0.2, 0) is 9.53 Å². The Hall–Kier alpha value is -1.83. The molecule has 1 unspecified atom stereocenters. The number of nitrogens with one attached hydrogen (secondary N) is 1. The molecule has 0 saturated carbocycles. The molecule has 0 aromatic heterocycles. The van der Waals surface area contributed by atoms with E-state index in [9.17, 15) is 4.79 Å². The first-order chi connectivity index (χ1) is 10.2. The first-order valence-electron chi connectivity index (χ1n) is 7.31. The molecule has 4 nitrogen and oxygen atoms in total. The number of aliphatic hydroxyl groups excluding tert-OH is 1. The number of carbonyl (C=O) groups is 1. The fraction of sp³-hybridized carbons (Fsp3) is 0.471. The van der Waals surface area contributed by atoms with Gasteiger partial charge in [0.2, 0.25) is 5.91 Å². The molecule has 0 spiro atoms. The molecular formula is C17H21NO3. The molecule has 21 heavy (non-hydrogen) atoms. The van der Waals surface area contributed by atoms with Crippen molar-refractivity contribution in [3.8, 4) is 11.8 Å². The number of anilines is 1. The SMILES string of the molecule is Cc1ccc(C#CCCO)c(NC(=O)CC2CCCO2)c1. The highest BCUT2D eigenvalue weighted by Crippen LogP contribution is 2.19. The monoisotopic (exact) mass is 287 g/mol. The van der Waals surface area contributed by atoms with Crippen molar-refractivity contribution in [1.82, 2.24) is 0 Å². The van der Waals surface area contributed by atoms with Crippen LogP contribution in [0.3, 0.4) is 0 Å². The molecule has 0 aliphatic carbocycles. The van der Waals surface area contributed by atoms with Crippen LogP contribution in [0.25, 0.3) is 0 Å². The normalized spacial score (nSPS) is 17.1. The summed E-state index contributed by atoms with van der Waals surface area (Å²) in [6.07, 6.45) is 2.83. The van der Waals surface area contributed by atoms with Crippen molar-refractivity contribution in [3.05, 3.63) is 29.3 Å². The average molecular weight is 287 g/mol. The second kappa shape index (κ2) is 7.82. The van der Waals surface area contributed by atoms with E-state index >= 15 is 0 Å². The number of ether oxygens (including phenoxy) is 1. The van der Waals surface area contributed by atoms with Crippen LogP contribution in [0.5, 0.6) is 0 Å². The molecule has 2 rings (SSSR count). The van der Waals surface area contributed by atoms with E-state index < -0.39 is 0 Å². The summed E-state index contributed by atoms with van der Waals surface area (Å²) in [7, 11) is 0. The summed E-state index contributed by atoms with van der Waals surface area (Å²) in [4.78, 5) is 12.1. The Morgan fingerprint density at radius 2 is 2.38 bits per heavy atom. The van der Waals surface area contributed by atoms with Crippen LogP contribution in [0.4, 0.5) is 5.69 Å². The van der Waals surface area contributed by atoms with Crippen molar-refractivity contribution in [2.24, 2.45) is 0 Å². The van der Waals surface area contributed by atoms with Crippen LogP contribution in [0.15, 0.2) is 18.2 Å². The highest BCUT2D eigenvalue weighted by atomic mass is 16.5. The minimum atomic E-state index is -0.0438. The number of aliphatic hydroxyl groups is 1. The topological polar surface area (TPSA) is 58.6 Å². The predicted molar refractivity (Wildman–Crippen MR) is 82.0 cm³/mol. The van der Waals surface area contributed by atoms with Crippen LogP contribution >= 0.6 is 0 Å². The molecule has 1 amide bonds. The number of amides is 1. The number of benzene rings is 1. The maximum Gasteiger partial charge on any atom is 0.227 e. The molecule has 1 aromatic rings. The lowest BCUT2D eigenvalue weighted by Gasteiger charge is -2.11. The summed E-state index contributed by atoms with van der Waals surface area (Å²) < 4.78 is 5.48. The third kappa shape index (κ3) is 4.89. The van der Waals surface area contributed by atoms with Gasteiger partial charge >= 0.3 is 0 Å². The molecule has 1 atom stereocenters. The van der Waals surface area contributed by atoms with Gasteiger partial charge in [-0.25, -0.2) is 0 Å². The summed E-state index contributed by atoms with van der Waals surface area (Å²) in [6.45, 7) is 2.76. The van der Waals surface area contributed by atoms with Gasteiger partial charge in [-0.1, -0.05) is 17.9 Å². The van der Waals surface area contributed by atoms with Crippen LogP contribution in [-0.4, -0.2) is 30.3 Å². The second-order valence-electron chi connectivity index (χ2n) is 5.21. The summed E-state index contributed by atoms with van der Waals surface area (Å²) in [5, 5.41) is 11.7. The lowest BCUT2D eigenvalue weighted by molar-refractivity contribution is -0.118. The van der Waals surface area contributed by atoms with Crippen molar-refractivity contribution in [2.75, 3.05) is 18.5 Å². The Labute approximate surface area is 125 Å². The van der Waals surface area contributed by atoms with E-state index in [1.165, 1.54) is 0 Å². The van der Waals surface area contributed by atoms with Crippen LogP contribution in [0.1, 0.15) is 36.8 Å². The molecule has 112 valence electrons. The van der Waals surface area contributed by atoms with Crippen LogP contribution in [0.2, 0.25) is 0 Å². The van der Waals surface area contributed by atoms with Gasteiger partial charge < -0.3 is 15.2 Å². The fourth-order valence-corrected chi connectivity index (χ4v) is 2.30. The maximum absolute atomic E-state index is 12.1. The highest BCUT2D eigenvalue weighted by molar-refractivity contribution is 5.92. The highest BCUT2D eigenvalue weighted by Gasteiger charge is 2.19. The smallest absolute Gasteiger partial charge is 0.227 e. The Balaban J connectivity index is 2.05. The molecule has 2 N–H and O–H groups in total. The number of hydrogen-bond acceptors (Lipinski definition) is 3. The van der Waals surface area contributed by atoms with Gasteiger partial charge in [0.05, 0.1) is 24.8 Å². The molecule has 0 radical (unpaired) electrons. The van der Waals surface area contributed by atoms with E-state index in [1.807, 2.05) is 25.1 Å². The molecule has 1 aromatic carbocycles. The van der Waals surface area contributed by atoms with Gasteiger partial charge in [0.15, 0.2) is 0 Å². The summed E-state index contributed by atoms with van der Waals surface area (Å²) in [6, 6.07) is 5.76. The minimum Gasteiger partial charge on any atom is -0.395 e. The zero-order chi connectivity index (χ0) is 15.1. The van der Waals surface area contributed by atoms with Crippen molar-refractivity contribution < 1.29 is 14.6 Å². The van der Waals surface area contributed by atoms with Crippen LogP contribution in [0, 0.1) is 18.8 Å². The van der Waals surface area contributed by atoms with Crippen molar-refractivity contribution in [1.29, 1.82) is 0 Å². The Bertz CT molecular complexity index is 551. The number of hydrogen-bond donors (Lipinski definition) is 2. The fourth-order valence-electron chi connectivity index (χ4n) is 2.30. The molecule has 1 aliphatic rings. The first-order valence-corrected chi connectivity index (χ1v) is 7.31. The molecule has 1 heterocycles. The minimum absolute atomic E-state index is 0.0405. The third-order valence-electron chi connectivity index (χ3n) is 3.35. The summed E-state index contributed by atoms with van der Waals surface area (Å²) >= 11 is 0. The van der Waals surface area contributed by atoms with Gasteiger partial charge in [0, 0.05) is 18.6 Å². The van der Waals surface area contributed by atoms with Gasteiger partial charge in [0.25, 0.3) is 0 Å². The lowest BCUT2D eigenvalue weighted by atomic mass is 10.1. The van der Waals surface area contributed by atoms with E-state index in [0.29, 0.717) is 12.8 Å². The average Bonchev–Trinajstić information content (AvgIpc) is 2.94. The standard InChI is InChI=1S/C17H21NO3/c1-13-7-8-14(5-2-3-9-19)16(11-13)18-17(20)12-15-6-4-10-21-15/h7-8,11,15,19H,3-4,6,9-10,12H2,1H3,(H,18,20). The van der Waals surface area contributed by atoms with E-state index in [0.717, 1.165) is 36.3 Å². The maximum atomic E-state index is 12.1. The first kappa shape index (κ1) is 15.6. The molecule has 1 saturated heterocycles. The lowest BCUT2D eigenvalue weighted by Crippen LogP contribution is -2.19. The number of rotatable bonds is 4. The Morgan fingerprint density at radius 1 is 1.52 bits per heavy atom. The quantitative estimate of drug-likeness (QED) is 0.835. The van der Waals surface area contributed by atoms with Crippen molar-refractivity contribution in [2.45, 2.75) is 38.7 Å². The van der Waals surface area contributed by atoms with Gasteiger partial charge in [-0.3, -0.25) is 4.79 Å². The van der Waals surface area contributed by atoms with Gasteiger partial charge in [-0.2, -0.15) is 0 Å². The van der Waals surface area contributed by atoms with E-state index in [4.69, 9.17) is 9.84 Å². The molecule has 1 fully saturated rings. The van der Waals surface area contributed by atoms with Crippen molar-refractivity contribution >= 4 is 11.6 Å². The van der Waals surface area contributed by atoms with Gasteiger partial charge in [-0.05, 0) is 37.5 Å². The molecule has 0 bridgehead atoms. The van der Waals surface area contributed by atoms with Gasteiger partial charge in [-0.15, -0.1) is 0 Å². The van der Waals surface area contributed by atoms with Crippen molar-refractivity contribution in [3.63, 3.8) is 0 Å². The van der Waals surface area contributed by atoms with E-state index in [-0.39, 0.29) is 18.6 Å².